The largest absolute Gasteiger partial charge is 0.489 e. The number of carbonyl (C=O) groups is 1. The molecule has 0 unspecified atom stereocenters. The van der Waals surface area contributed by atoms with E-state index in [9.17, 15) is 4.79 Å². The third-order valence-corrected chi connectivity index (χ3v) is 5.70. The summed E-state index contributed by atoms with van der Waals surface area (Å²) < 4.78 is 5.82. The van der Waals surface area contributed by atoms with Gasteiger partial charge in [0.25, 0.3) is 0 Å². The van der Waals surface area contributed by atoms with E-state index < -0.39 is 0 Å². The summed E-state index contributed by atoms with van der Waals surface area (Å²) >= 11 is 0. The topological polar surface area (TPSA) is 32.8 Å². The van der Waals surface area contributed by atoms with Crippen molar-refractivity contribution in [3.63, 3.8) is 0 Å². The Morgan fingerprint density at radius 1 is 0.758 bits per heavy atom. The van der Waals surface area contributed by atoms with Crippen LogP contribution in [0.5, 0.6) is 5.75 Å². The van der Waals surface area contributed by atoms with Crippen LogP contribution in [0.3, 0.4) is 0 Å². The normalized spacial score (nSPS) is 14.7. The molecule has 0 bridgehead atoms. The molecule has 0 spiro atoms. The van der Waals surface area contributed by atoms with Gasteiger partial charge in [-0.1, -0.05) is 84.9 Å². The molecule has 0 aliphatic carbocycles. The zero-order chi connectivity index (χ0) is 22.7. The van der Waals surface area contributed by atoms with Crippen LogP contribution in [0.15, 0.2) is 97.1 Å². The third kappa shape index (κ3) is 7.19. The van der Waals surface area contributed by atoms with Gasteiger partial charge in [-0.2, -0.15) is 0 Å². The lowest BCUT2D eigenvalue weighted by Crippen LogP contribution is -2.48. The standard InChI is InChI=1S/C29H30N2O2/c32-29(31-22-20-30(21-23-31)19-7-12-25-8-3-1-4-9-25)18-15-26-13-16-28(17-14-26)33-24-27-10-5-2-6-11-27/h1-18H,19-24H2/b12-7+,18-15+. The van der Waals surface area contributed by atoms with Crippen LogP contribution in [0.1, 0.15) is 16.7 Å². The van der Waals surface area contributed by atoms with Gasteiger partial charge < -0.3 is 9.64 Å². The van der Waals surface area contributed by atoms with Crippen molar-refractivity contribution >= 4 is 18.1 Å². The van der Waals surface area contributed by atoms with Gasteiger partial charge in [-0.15, -0.1) is 0 Å². The molecular weight excluding hydrogens is 408 g/mol. The molecule has 0 N–H and O–H groups in total. The van der Waals surface area contributed by atoms with Crippen LogP contribution in [0, 0.1) is 0 Å². The van der Waals surface area contributed by atoms with Crippen molar-refractivity contribution in [2.45, 2.75) is 6.61 Å². The number of carbonyl (C=O) groups excluding carboxylic acids is 1. The lowest BCUT2D eigenvalue weighted by molar-refractivity contribution is -0.127. The van der Waals surface area contributed by atoms with Gasteiger partial charge in [0, 0.05) is 38.8 Å². The Morgan fingerprint density at radius 2 is 1.39 bits per heavy atom. The monoisotopic (exact) mass is 438 g/mol. The molecule has 1 fully saturated rings. The van der Waals surface area contributed by atoms with Gasteiger partial charge in [0.1, 0.15) is 12.4 Å². The lowest BCUT2D eigenvalue weighted by atomic mass is 10.2. The number of hydrogen-bond donors (Lipinski definition) is 0. The minimum atomic E-state index is 0.0684. The Labute approximate surface area is 196 Å². The lowest BCUT2D eigenvalue weighted by Gasteiger charge is -2.33. The molecule has 4 nitrogen and oxygen atoms in total. The Bertz CT molecular complexity index is 1050. The van der Waals surface area contributed by atoms with E-state index in [2.05, 4.69) is 29.2 Å². The van der Waals surface area contributed by atoms with Crippen molar-refractivity contribution in [2.24, 2.45) is 0 Å². The number of hydrogen-bond acceptors (Lipinski definition) is 3. The molecule has 1 aliphatic heterocycles. The van der Waals surface area contributed by atoms with Crippen molar-refractivity contribution < 1.29 is 9.53 Å². The van der Waals surface area contributed by atoms with Crippen molar-refractivity contribution in [1.29, 1.82) is 0 Å². The maximum Gasteiger partial charge on any atom is 0.246 e. The quantitative estimate of drug-likeness (QED) is 0.457. The summed E-state index contributed by atoms with van der Waals surface area (Å²) in [6, 6.07) is 28.3. The van der Waals surface area contributed by atoms with E-state index in [1.165, 1.54) is 5.56 Å². The Morgan fingerprint density at radius 3 is 2.09 bits per heavy atom. The van der Waals surface area contributed by atoms with Gasteiger partial charge in [0.15, 0.2) is 0 Å². The first-order valence-electron chi connectivity index (χ1n) is 11.4. The molecule has 3 aromatic carbocycles. The van der Waals surface area contributed by atoms with E-state index in [4.69, 9.17) is 4.74 Å². The summed E-state index contributed by atoms with van der Waals surface area (Å²) in [5.41, 5.74) is 3.34. The molecule has 1 amide bonds. The predicted octanol–water partition coefficient (Wildman–Crippen LogP) is 5.14. The van der Waals surface area contributed by atoms with Crippen LogP contribution in [0.4, 0.5) is 0 Å². The number of piperazine rings is 1. The predicted molar refractivity (Wildman–Crippen MR) is 135 cm³/mol. The van der Waals surface area contributed by atoms with Gasteiger partial charge in [0.05, 0.1) is 0 Å². The van der Waals surface area contributed by atoms with Crippen LogP contribution < -0.4 is 4.74 Å². The second-order valence-corrected chi connectivity index (χ2v) is 8.12. The summed E-state index contributed by atoms with van der Waals surface area (Å²) in [6.45, 7) is 4.76. The highest BCUT2D eigenvalue weighted by molar-refractivity contribution is 5.91. The minimum Gasteiger partial charge on any atom is -0.489 e. The number of ether oxygens (including phenoxy) is 1. The first-order chi connectivity index (χ1) is 16.3. The molecule has 0 saturated carbocycles. The highest BCUT2D eigenvalue weighted by Gasteiger charge is 2.18. The fourth-order valence-electron chi connectivity index (χ4n) is 3.74. The fraction of sp³-hybridized carbons (Fsp3) is 0.207. The van der Waals surface area contributed by atoms with E-state index in [0.29, 0.717) is 6.61 Å². The van der Waals surface area contributed by atoms with Gasteiger partial charge in [0.2, 0.25) is 5.91 Å². The molecule has 0 atom stereocenters. The third-order valence-electron chi connectivity index (χ3n) is 5.70. The van der Waals surface area contributed by atoms with Gasteiger partial charge in [-0.25, -0.2) is 0 Å². The second kappa shape index (κ2) is 11.8. The van der Waals surface area contributed by atoms with E-state index in [1.807, 2.05) is 83.8 Å². The minimum absolute atomic E-state index is 0.0684. The molecular formula is C29H30N2O2. The van der Waals surface area contributed by atoms with Crippen LogP contribution in [-0.4, -0.2) is 48.4 Å². The van der Waals surface area contributed by atoms with E-state index in [0.717, 1.165) is 49.6 Å². The number of amides is 1. The maximum absolute atomic E-state index is 12.6. The van der Waals surface area contributed by atoms with Gasteiger partial charge in [-0.3, -0.25) is 9.69 Å². The van der Waals surface area contributed by atoms with Gasteiger partial charge >= 0.3 is 0 Å². The fourth-order valence-corrected chi connectivity index (χ4v) is 3.74. The molecule has 1 saturated heterocycles. The zero-order valence-corrected chi connectivity index (χ0v) is 18.8. The summed E-state index contributed by atoms with van der Waals surface area (Å²) in [7, 11) is 0. The molecule has 1 heterocycles. The first-order valence-corrected chi connectivity index (χ1v) is 11.4. The average Bonchev–Trinajstić information content (AvgIpc) is 2.88. The summed E-state index contributed by atoms with van der Waals surface area (Å²) in [6.07, 6.45) is 7.89. The molecule has 4 rings (SSSR count). The average molecular weight is 439 g/mol. The van der Waals surface area contributed by atoms with Crippen molar-refractivity contribution in [3.05, 3.63) is 114 Å². The summed E-state index contributed by atoms with van der Waals surface area (Å²) in [5, 5.41) is 0. The molecule has 0 radical (unpaired) electrons. The zero-order valence-electron chi connectivity index (χ0n) is 18.8. The smallest absolute Gasteiger partial charge is 0.246 e. The Kier molecular flexibility index (Phi) is 8.09. The van der Waals surface area contributed by atoms with E-state index in [-0.39, 0.29) is 5.91 Å². The van der Waals surface area contributed by atoms with Crippen molar-refractivity contribution in [1.82, 2.24) is 9.80 Å². The molecule has 0 aromatic heterocycles. The summed E-state index contributed by atoms with van der Waals surface area (Å²) in [4.78, 5) is 16.9. The molecule has 168 valence electrons. The highest BCUT2D eigenvalue weighted by Crippen LogP contribution is 2.15. The molecule has 33 heavy (non-hydrogen) atoms. The SMILES string of the molecule is O=C(/C=C/c1ccc(OCc2ccccc2)cc1)N1CCN(C/C=C/c2ccccc2)CC1. The Balaban J connectivity index is 1.19. The second-order valence-electron chi connectivity index (χ2n) is 8.12. The van der Waals surface area contributed by atoms with Crippen molar-refractivity contribution in [3.8, 4) is 5.75 Å². The van der Waals surface area contributed by atoms with Crippen LogP contribution in [-0.2, 0) is 11.4 Å². The number of rotatable bonds is 8. The van der Waals surface area contributed by atoms with E-state index >= 15 is 0 Å². The molecule has 3 aromatic rings. The number of benzene rings is 3. The van der Waals surface area contributed by atoms with Crippen LogP contribution >= 0.6 is 0 Å². The maximum atomic E-state index is 12.6. The van der Waals surface area contributed by atoms with Crippen LogP contribution in [0.25, 0.3) is 12.2 Å². The van der Waals surface area contributed by atoms with Crippen molar-refractivity contribution in [2.75, 3.05) is 32.7 Å². The molecule has 4 heteroatoms. The van der Waals surface area contributed by atoms with Crippen LogP contribution in [0.2, 0.25) is 0 Å². The summed E-state index contributed by atoms with van der Waals surface area (Å²) in [5.74, 6) is 0.888. The highest BCUT2D eigenvalue weighted by atomic mass is 16.5. The van der Waals surface area contributed by atoms with E-state index in [1.54, 1.807) is 6.08 Å². The number of nitrogens with zero attached hydrogens (tertiary/aromatic N) is 2. The molecule has 1 aliphatic rings. The van der Waals surface area contributed by atoms with Gasteiger partial charge in [-0.05, 0) is 34.9 Å². The first kappa shape index (κ1) is 22.6. The Hall–Kier alpha value is -3.63.